The number of aliphatic carboxylic acids is 1. The summed E-state index contributed by atoms with van der Waals surface area (Å²) in [6.45, 7) is 5.70. The average molecular weight is 285 g/mol. The molecule has 3 unspecified atom stereocenters. The van der Waals surface area contributed by atoms with Crippen LogP contribution in [0.15, 0.2) is 0 Å². The Morgan fingerprint density at radius 2 is 2.00 bits per heavy atom. The smallest absolute Gasteiger partial charge is 0.416 e. The highest BCUT2D eigenvalue weighted by atomic mass is 16.6. The number of imide groups is 1. The first-order chi connectivity index (χ1) is 9.42. The van der Waals surface area contributed by atoms with Gasteiger partial charge >= 0.3 is 12.1 Å². The molecule has 1 aliphatic rings. The quantitative estimate of drug-likeness (QED) is 0.774. The zero-order valence-electron chi connectivity index (χ0n) is 12.3. The van der Waals surface area contributed by atoms with E-state index in [1.165, 1.54) is 0 Å². The van der Waals surface area contributed by atoms with Gasteiger partial charge < -0.3 is 9.84 Å². The Kier molecular flexibility index (Phi) is 5.98. The van der Waals surface area contributed by atoms with Gasteiger partial charge in [-0.3, -0.25) is 9.59 Å². The van der Waals surface area contributed by atoms with Crippen molar-refractivity contribution in [1.82, 2.24) is 4.90 Å². The third-order valence-corrected chi connectivity index (χ3v) is 3.68. The Morgan fingerprint density at radius 3 is 2.50 bits per heavy atom. The molecule has 0 aromatic carbocycles. The molecule has 2 amide bonds. The number of hydrogen-bond acceptors (Lipinski definition) is 4. The molecule has 1 rings (SSSR count). The van der Waals surface area contributed by atoms with Gasteiger partial charge in [-0.15, -0.1) is 0 Å². The summed E-state index contributed by atoms with van der Waals surface area (Å²) < 4.78 is 4.89. The number of carbonyl (C=O) groups excluding carboxylic acids is 2. The molecule has 0 saturated heterocycles. The van der Waals surface area contributed by atoms with Crippen LogP contribution in [-0.4, -0.2) is 41.1 Å². The number of amides is 2. The first-order valence-electron chi connectivity index (χ1n) is 7.12. The number of carboxylic acids is 1. The molecule has 0 heterocycles. The Hall–Kier alpha value is -1.59. The maximum absolute atomic E-state index is 11.9. The Labute approximate surface area is 119 Å². The van der Waals surface area contributed by atoms with Crippen LogP contribution in [0.1, 0.15) is 40.0 Å². The van der Waals surface area contributed by atoms with Crippen LogP contribution in [0, 0.1) is 17.8 Å². The van der Waals surface area contributed by atoms with Gasteiger partial charge in [0.1, 0.15) is 0 Å². The number of carbonyl (C=O) groups is 3. The topological polar surface area (TPSA) is 83.9 Å². The minimum atomic E-state index is -0.833. The van der Waals surface area contributed by atoms with E-state index in [9.17, 15) is 14.4 Å². The molecule has 1 aliphatic carbocycles. The summed E-state index contributed by atoms with van der Waals surface area (Å²) in [5, 5.41) is 8.96. The van der Waals surface area contributed by atoms with E-state index in [0.29, 0.717) is 12.8 Å². The molecule has 0 aliphatic heterocycles. The Balaban J connectivity index is 2.60. The predicted molar refractivity (Wildman–Crippen MR) is 72.0 cm³/mol. The highest BCUT2D eigenvalue weighted by molar-refractivity contribution is 5.92. The second kappa shape index (κ2) is 7.26. The highest BCUT2D eigenvalue weighted by Crippen LogP contribution is 2.45. The molecule has 0 spiro atoms. The van der Waals surface area contributed by atoms with Crippen molar-refractivity contribution < 1.29 is 24.2 Å². The third-order valence-electron chi connectivity index (χ3n) is 3.68. The van der Waals surface area contributed by atoms with Gasteiger partial charge in [-0.2, -0.15) is 0 Å². The van der Waals surface area contributed by atoms with Gasteiger partial charge in [0.15, 0.2) is 0 Å². The molecular formula is C14H23NO5. The third kappa shape index (κ3) is 4.21. The number of hydrogen-bond donors (Lipinski definition) is 1. The lowest BCUT2D eigenvalue weighted by Gasteiger charge is -2.20. The standard InChI is InChI=1S/C14H23NO5/c1-4-6-12(16)15(14(19)20-5-2)8-10-7-11(10)9(3)13(17)18/h9-11H,4-8H2,1-3H3,(H,17,18). The first kappa shape index (κ1) is 16.5. The van der Waals surface area contributed by atoms with Crippen LogP contribution >= 0.6 is 0 Å². The molecule has 6 heteroatoms. The minimum absolute atomic E-state index is 0.0406. The lowest BCUT2D eigenvalue weighted by Crippen LogP contribution is -2.39. The number of carboxylic acid groups (broad SMARTS) is 1. The van der Waals surface area contributed by atoms with E-state index < -0.39 is 18.0 Å². The molecule has 3 atom stereocenters. The fourth-order valence-corrected chi connectivity index (χ4v) is 2.34. The average Bonchev–Trinajstić information content (AvgIpc) is 3.14. The minimum Gasteiger partial charge on any atom is -0.481 e. The van der Waals surface area contributed by atoms with Gasteiger partial charge in [0.25, 0.3) is 0 Å². The zero-order chi connectivity index (χ0) is 15.3. The molecule has 114 valence electrons. The number of ether oxygens (including phenoxy) is 1. The summed E-state index contributed by atoms with van der Waals surface area (Å²) >= 11 is 0. The molecule has 0 bridgehead atoms. The summed E-state index contributed by atoms with van der Waals surface area (Å²) in [5.41, 5.74) is 0. The van der Waals surface area contributed by atoms with Gasteiger partial charge in [-0.1, -0.05) is 13.8 Å². The SMILES string of the molecule is CCCC(=O)N(CC1CC1C(C)C(=O)O)C(=O)OCC. The molecule has 1 saturated carbocycles. The molecule has 1 N–H and O–H groups in total. The largest absolute Gasteiger partial charge is 0.481 e. The van der Waals surface area contributed by atoms with Gasteiger partial charge in [-0.05, 0) is 31.6 Å². The summed E-state index contributed by atoms with van der Waals surface area (Å²) in [7, 11) is 0. The monoisotopic (exact) mass is 285 g/mol. The van der Waals surface area contributed by atoms with Crippen LogP contribution in [0.25, 0.3) is 0 Å². The summed E-state index contributed by atoms with van der Waals surface area (Å²) in [6.07, 6.45) is 1.07. The van der Waals surface area contributed by atoms with Gasteiger partial charge in [0.2, 0.25) is 5.91 Å². The van der Waals surface area contributed by atoms with E-state index in [-0.39, 0.29) is 30.9 Å². The second-order valence-corrected chi connectivity index (χ2v) is 5.24. The second-order valence-electron chi connectivity index (χ2n) is 5.24. The van der Waals surface area contributed by atoms with Crippen LogP contribution in [0.4, 0.5) is 4.79 Å². The van der Waals surface area contributed by atoms with Crippen molar-refractivity contribution in [2.75, 3.05) is 13.2 Å². The maximum atomic E-state index is 11.9. The molecular weight excluding hydrogens is 262 g/mol. The molecule has 0 aromatic heterocycles. The summed E-state index contributed by atoms with van der Waals surface area (Å²) in [5.74, 6) is -1.41. The number of rotatable bonds is 7. The lowest BCUT2D eigenvalue weighted by atomic mass is 10.1. The fraction of sp³-hybridized carbons (Fsp3) is 0.786. The van der Waals surface area contributed by atoms with Gasteiger partial charge in [-0.25, -0.2) is 9.69 Å². The van der Waals surface area contributed by atoms with Crippen molar-refractivity contribution in [2.45, 2.75) is 40.0 Å². The van der Waals surface area contributed by atoms with E-state index in [4.69, 9.17) is 9.84 Å². The maximum Gasteiger partial charge on any atom is 0.416 e. The van der Waals surface area contributed by atoms with Crippen LogP contribution in [0.3, 0.4) is 0 Å². The highest BCUT2D eigenvalue weighted by Gasteiger charge is 2.46. The molecule has 0 radical (unpaired) electrons. The zero-order valence-corrected chi connectivity index (χ0v) is 12.3. The van der Waals surface area contributed by atoms with Gasteiger partial charge in [0.05, 0.1) is 12.5 Å². The first-order valence-corrected chi connectivity index (χ1v) is 7.12. The van der Waals surface area contributed by atoms with Crippen LogP contribution < -0.4 is 0 Å². The van der Waals surface area contributed by atoms with Crippen LogP contribution in [-0.2, 0) is 14.3 Å². The van der Waals surface area contributed by atoms with Crippen molar-refractivity contribution in [3.8, 4) is 0 Å². The van der Waals surface area contributed by atoms with E-state index >= 15 is 0 Å². The van der Waals surface area contributed by atoms with E-state index in [1.807, 2.05) is 6.92 Å². The van der Waals surface area contributed by atoms with E-state index in [1.54, 1.807) is 13.8 Å². The summed E-state index contributed by atoms with van der Waals surface area (Å²) in [6, 6.07) is 0. The normalized spacial score (nSPS) is 21.9. The van der Waals surface area contributed by atoms with Crippen LogP contribution in [0.2, 0.25) is 0 Å². The number of nitrogens with zero attached hydrogens (tertiary/aromatic N) is 1. The van der Waals surface area contributed by atoms with Crippen molar-refractivity contribution in [3.63, 3.8) is 0 Å². The molecule has 6 nitrogen and oxygen atoms in total. The predicted octanol–water partition coefficient (Wildman–Crippen LogP) is 2.13. The van der Waals surface area contributed by atoms with Crippen molar-refractivity contribution in [1.29, 1.82) is 0 Å². The summed E-state index contributed by atoms with van der Waals surface area (Å²) in [4.78, 5) is 35.8. The molecule has 1 fully saturated rings. The Morgan fingerprint density at radius 1 is 1.35 bits per heavy atom. The van der Waals surface area contributed by atoms with E-state index in [0.717, 1.165) is 11.3 Å². The fourth-order valence-electron chi connectivity index (χ4n) is 2.34. The molecule has 20 heavy (non-hydrogen) atoms. The Bertz CT molecular complexity index is 364. The van der Waals surface area contributed by atoms with Crippen molar-refractivity contribution >= 4 is 18.0 Å². The van der Waals surface area contributed by atoms with Crippen molar-refractivity contribution in [2.24, 2.45) is 17.8 Å². The van der Waals surface area contributed by atoms with Crippen LogP contribution in [0.5, 0.6) is 0 Å². The van der Waals surface area contributed by atoms with Crippen molar-refractivity contribution in [3.05, 3.63) is 0 Å². The lowest BCUT2D eigenvalue weighted by molar-refractivity contribution is -0.141. The molecule has 0 aromatic rings. The van der Waals surface area contributed by atoms with E-state index in [2.05, 4.69) is 0 Å². The van der Waals surface area contributed by atoms with Gasteiger partial charge in [0, 0.05) is 13.0 Å².